The van der Waals surface area contributed by atoms with Crippen LogP contribution in [0.3, 0.4) is 0 Å². The van der Waals surface area contributed by atoms with E-state index in [0.717, 1.165) is 19.0 Å². The summed E-state index contributed by atoms with van der Waals surface area (Å²) < 4.78 is 0. The van der Waals surface area contributed by atoms with Crippen LogP contribution >= 0.6 is 0 Å². The molecule has 23 heavy (non-hydrogen) atoms. The van der Waals surface area contributed by atoms with Crippen LogP contribution in [0, 0.1) is 17.8 Å². The molecule has 0 bridgehead atoms. The molecule has 136 valence electrons. The van der Waals surface area contributed by atoms with Gasteiger partial charge in [0.05, 0.1) is 6.10 Å². The Labute approximate surface area is 142 Å². The molecule has 2 amide bonds. The van der Waals surface area contributed by atoms with Crippen LogP contribution in [0.1, 0.15) is 53.9 Å². The molecule has 1 saturated heterocycles. The van der Waals surface area contributed by atoms with Gasteiger partial charge >= 0.3 is 6.03 Å². The minimum Gasteiger partial charge on any atom is -0.393 e. The van der Waals surface area contributed by atoms with Crippen LogP contribution in [0.2, 0.25) is 0 Å². The average molecular weight is 328 g/mol. The third-order valence-corrected chi connectivity index (χ3v) is 4.88. The van der Waals surface area contributed by atoms with Crippen LogP contribution in [0.15, 0.2) is 0 Å². The highest BCUT2D eigenvalue weighted by Gasteiger charge is 2.25. The number of urea groups is 1. The van der Waals surface area contributed by atoms with Crippen molar-refractivity contribution >= 4 is 6.03 Å². The Morgan fingerprint density at radius 2 is 1.70 bits per heavy atom. The van der Waals surface area contributed by atoms with Gasteiger partial charge in [0.2, 0.25) is 0 Å². The minimum absolute atomic E-state index is 0.0986. The Kier molecular flexibility index (Phi) is 8.92. The van der Waals surface area contributed by atoms with Gasteiger partial charge in [-0.05, 0) is 57.0 Å². The van der Waals surface area contributed by atoms with Crippen molar-refractivity contribution in [2.24, 2.45) is 17.8 Å². The molecule has 3 N–H and O–H groups in total. The lowest BCUT2D eigenvalue weighted by Gasteiger charge is -2.38. The average Bonchev–Trinajstić information content (AvgIpc) is 2.46. The number of nitrogens with one attached hydrogen (secondary N) is 2. The Balaban J connectivity index is 2.33. The number of rotatable bonds is 8. The first-order chi connectivity index (χ1) is 10.8. The highest BCUT2D eigenvalue weighted by atomic mass is 16.3. The summed E-state index contributed by atoms with van der Waals surface area (Å²) in [6.45, 7) is 14.2. The molecule has 1 aliphatic rings. The van der Waals surface area contributed by atoms with Gasteiger partial charge in [-0.3, -0.25) is 4.90 Å². The number of piperidine rings is 1. The third kappa shape index (κ3) is 8.02. The maximum Gasteiger partial charge on any atom is 0.314 e. The largest absolute Gasteiger partial charge is 0.393 e. The summed E-state index contributed by atoms with van der Waals surface area (Å²) in [5.74, 6) is 1.63. The lowest BCUT2D eigenvalue weighted by atomic mass is 9.94. The van der Waals surface area contributed by atoms with Crippen molar-refractivity contribution in [3.05, 3.63) is 0 Å². The van der Waals surface area contributed by atoms with Crippen LogP contribution < -0.4 is 10.6 Å². The van der Waals surface area contributed by atoms with E-state index in [-0.39, 0.29) is 18.1 Å². The SMILES string of the molecule is CC(O)CC(C)CNC(=O)NCC(C(C)C)N1CCC(C)CC1. The summed E-state index contributed by atoms with van der Waals surface area (Å²) in [7, 11) is 0. The van der Waals surface area contributed by atoms with E-state index in [2.05, 4.69) is 36.3 Å². The predicted molar refractivity (Wildman–Crippen MR) is 95.5 cm³/mol. The Bertz CT molecular complexity index is 339. The quantitative estimate of drug-likeness (QED) is 0.641. The highest BCUT2D eigenvalue weighted by molar-refractivity contribution is 5.73. The molecule has 0 saturated carbocycles. The van der Waals surface area contributed by atoms with E-state index in [4.69, 9.17) is 0 Å². The minimum atomic E-state index is -0.318. The molecule has 0 aromatic heterocycles. The molecule has 0 aromatic carbocycles. The summed E-state index contributed by atoms with van der Waals surface area (Å²) >= 11 is 0. The second-order valence-electron chi connectivity index (χ2n) is 7.81. The van der Waals surface area contributed by atoms with Crippen LogP contribution in [0.25, 0.3) is 0 Å². The van der Waals surface area contributed by atoms with Crippen LogP contribution in [0.5, 0.6) is 0 Å². The topological polar surface area (TPSA) is 64.6 Å². The van der Waals surface area contributed by atoms with E-state index < -0.39 is 0 Å². The summed E-state index contributed by atoms with van der Waals surface area (Å²) in [6, 6.07) is 0.307. The number of carbonyl (C=O) groups excluding carboxylic acids is 1. The molecule has 0 spiro atoms. The molecule has 3 unspecified atom stereocenters. The highest BCUT2D eigenvalue weighted by Crippen LogP contribution is 2.21. The molecular formula is C18H37N3O2. The van der Waals surface area contributed by atoms with Crippen LogP contribution in [-0.2, 0) is 0 Å². The molecule has 0 aliphatic carbocycles. The molecule has 1 rings (SSSR count). The van der Waals surface area contributed by atoms with Gasteiger partial charge in [0.15, 0.2) is 0 Å². The fourth-order valence-electron chi connectivity index (χ4n) is 3.34. The first-order valence-corrected chi connectivity index (χ1v) is 9.23. The standard InChI is InChI=1S/C18H37N3O2/c1-13(2)17(21-8-6-14(3)7-9-21)12-20-18(23)19-11-15(4)10-16(5)22/h13-17,22H,6-12H2,1-5H3,(H2,19,20,23). The fraction of sp³-hybridized carbons (Fsp3) is 0.944. The van der Waals surface area contributed by atoms with Crippen LogP contribution in [-0.4, -0.2) is 54.4 Å². The third-order valence-electron chi connectivity index (χ3n) is 4.88. The second kappa shape index (κ2) is 10.1. The number of hydrogen-bond donors (Lipinski definition) is 3. The van der Waals surface area contributed by atoms with Gasteiger partial charge < -0.3 is 15.7 Å². The van der Waals surface area contributed by atoms with Crippen LogP contribution in [0.4, 0.5) is 4.79 Å². The molecule has 0 radical (unpaired) electrons. The number of aliphatic hydroxyl groups is 1. The molecule has 3 atom stereocenters. The number of amides is 2. The van der Waals surface area contributed by atoms with E-state index in [9.17, 15) is 9.90 Å². The van der Waals surface area contributed by atoms with Gasteiger partial charge in [0.1, 0.15) is 0 Å². The Morgan fingerprint density at radius 3 is 2.22 bits per heavy atom. The van der Waals surface area contributed by atoms with Crippen molar-refractivity contribution in [1.29, 1.82) is 0 Å². The van der Waals surface area contributed by atoms with Gasteiger partial charge in [-0.15, -0.1) is 0 Å². The maximum atomic E-state index is 12.0. The van der Waals surface area contributed by atoms with Crippen molar-refractivity contribution in [1.82, 2.24) is 15.5 Å². The zero-order valence-corrected chi connectivity index (χ0v) is 15.6. The molecule has 1 fully saturated rings. The van der Waals surface area contributed by atoms with Gasteiger partial charge in [-0.25, -0.2) is 4.79 Å². The monoisotopic (exact) mass is 327 g/mol. The van der Waals surface area contributed by atoms with E-state index in [0.29, 0.717) is 31.5 Å². The normalized spacial score (nSPS) is 21.0. The number of aliphatic hydroxyl groups excluding tert-OH is 1. The second-order valence-corrected chi connectivity index (χ2v) is 7.81. The predicted octanol–water partition coefficient (Wildman–Crippen LogP) is 2.45. The smallest absolute Gasteiger partial charge is 0.314 e. The number of hydrogen-bond acceptors (Lipinski definition) is 3. The zero-order chi connectivity index (χ0) is 17.4. The Morgan fingerprint density at radius 1 is 1.13 bits per heavy atom. The first kappa shape index (κ1) is 20.2. The van der Waals surface area contributed by atoms with Gasteiger partial charge in [0.25, 0.3) is 0 Å². The number of nitrogens with zero attached hydrogens (tertiary/aromatic N) is 1. The lowest BCUT2D eigenvalue weighted by Crippen LogP contribution is -2.51. The number of carbonyl (C=O) groups is 1. The van der Waals surface area contributed by atoms with Gasteiger partial charge in [-0.2, -0.15) is 0 Å². The van der Waals surface area contributed by atoms with E-state index in [1.54, 1.807) is 6.92 Å². The van der Waals surface area contributed by atoms with Gasteiger partial charge in [0, 0.05) is 19.1 Å². The fourth-order valence-corrected chi connectivity index (χ4v) is 3.34. The first-order valence-electron chi connectivity index (χ1n) is 9.23. The van der Waals surface area contributed by atoms with Crippen molar-refractivity contribution in [3.63, 3.8) is 0 Å². The van der Waals surface area contributed by atoms with E-state index in [1.165, 1.54) is 12.8 Å². The van der Waals surface area contributed by atoms with E-state index >= 15 is 0 Å². The molecule has 5 nitrogen and oxygen atoms in total. The Hall–Kier alpha value is -0.810. The van der Waals surface area contributed by atoms with E-state index in [1.807, 2.05) is 6.92 Å². The molecule has 1 heterocycles. The number of likely N-dealkylation sites (tertiary alicyclic amines) is 1. The molecule has 0 aromatic rings. The lowest BCUT2D eigenvalue weighted by molar-refractivity contribution is 0.108. The summed E-state index contributed by atoms with van der Waals surface area (Å²) in [6.07, 6.45) is 2.90. The molecular weight excluding hydrogens is 290 g/mol. The van der Waals surface area contributed by atoms with Crippen molar-refractivity contribution < 1.29 is 9.90 Å². The van der Waals surface area contributed by atoms with Crippen molar-refractivity contribution in [2.75, 3.05) is 26.2 Å². The summed E-state index contributed by atoms with van der Waals surface area (Å²) in [5, 5.41) is 15.3. The zero-order valence-electron chi connectivity index (χ0n) is 15.6. The van der Waals surface area contributed by atoms with Crippen molar-refractivity contribution in [2.45, 2.75) is 66.0 Å². The summed E-state index contributed by atoms with van der Waals surface area (Å²) in [5.41, 5.74) is 0. The summed E-state index contributed by atoms with van der Waals surface area (Å²) in [4.78, 5) is 14.5. The van der Waals surface area contributed by atoms with Gasteiger partial charge in [-0.1, -0.05) is 27.7 Å². The van der Waals surface area contributed by atoms with Crippen molar-refractivity contribution in [3.8, 4) is 0 Å². The maximum absolute atomic E-state index is 12.0. The molecule has 1 aliphatic heterocycles. The molecule has 5 heteroatoms.